The van der Waals surface area contributed by atoms with Crippen LogP contribution in [0.5, 0.6) is 11.5 Å². The Hall–Kier alpha value is -3.17. The van der Waals surface area contributed by atoms with Crippen molar-refractivity contribution in [1.29, 1.82) is 0 Å². The van der Waals surface area contributed by atoms with Gasteiger partial charge in [-0.1, -0.05) is 12.1 Å². The number of rotatable bonds is 4. The largest absolute Gasteiger partial charge is 2.00 e. The molecule has 0 aromatic heterocycles. The monoisotopic (exact) mass is 555 g/mol. The van der Waals surface area contributed by atoms with E-state index in [2.05, 4.69) is 0 Å². The number of phenols is 2. The van der Waals surface area contributed by atoms with Crippen molar-refractivity contribution < 1.29 is 46.8 Å². The summed E-state index contributed by atoms with van der Waals surface area (Å²) in [6.07, 6.45) is 7.59. The predicted molar refractivity (Wildman–Crippen MR) is 138 cm³/mol. The van der Waals surface area contributed by atoms with Crippen LogP contribution in [-0.2, 0) is 26.4 Å². The van der Waals surface area contributed by atoms with Gasteiger partial charge in [0.05, 0.1) is 12.1 Å². The molecule has 0 heterocycles. The molecule has 0 bridgehead atoms. The zero-order valence-electron chi connectivity index (χ0n) is 22.2. The fraction of sp³-hybridized carbons (Fsp3) is 0.429. The van der Waals surface area contributed by atoms with E-state index in [0.29, 0.717) is 11.5 Å². The molecule has 0 amide bonds. The second-order valence-corrected chi connectivity index (χ2v) is 9.04. The second-order valence-electron chi connectivity index (χ2n) is 9.04. The zero-order valence-corrected chi connectivity index (χ0v) is 23.2. The SMILES string of the molecule is CC(=O)[O-].CC(=O)[O-].Cc1cc(C)c(O)c(C=NC2CCC(N=Cc3cc(C)cc(C)c3O)CC2)c1.[Co+2]. The van der Waals surface area contributed by atoms with E-state index >= 15 is 0 Å². The molecule has 1 radical (unpaired) electrons. The van der Waals surface area contributed by atoms with Crippen molar-refractivity contribution in [3.05, 3.63) is 57.6 Å². The predicted octanol–water partition coefficient (Wildman–Crippen LogP) is 2.69. The number of carbonyl (C=O) groups is 2. The first kappa shape index (κ1) is 33.8. The van der Waals surface area contributed by atoms with Crippen LogP contribution in [0, 0.1) is 27.7 Å². The van der Waals surface area contributed by atoms with E-state index in [1.807, 2.05) is 64.4 Å². The van der Waals surface area contributed by atoms with Gasteiger partial charge in [0.15, 0.2) is 0 Å². The van der Waals surface area contributed by atoms with Crippen LogP contribution in [0.15, 0.2) is 34.3 Å². The number of nitrogens with zero attached hydrogens (tertiary/aromatic N) is 2. The number of benzene rings is 2. The number of aryl methyl sites for hydroxylation is 4. The molecule has 9 heteroatoms. The molecule has 3 rings (SSSR count). The number of carboxylic acid groups (broad SMARTS) is 2. The molecule has 0 saturated heterocycles. The van der Waals surface area contributed by atoms with Crippen molar-refractivity contribution in [2.75, 3.05) is 0 Å². The quantitative estimate of drug-likeness (QED) is 0.555. The van der Waals surface area contributed by atoms with Gasteiger partial charge in [-0.2, -0.15) is 0 Å². The van der Waals surface area contributed by atoms with Gasteiger partial charge >= 0.3 is 16.8 Å². The minimum atomic E-state index is -1.08. The number of carboxylic acids is 2. The molecule has 203 valence electrons. The van der Waals surface area contributed by atoms with Crippen molar-refractivity contribution in [3.63, 3.8) is 0 Å². The van der Waals surface area contributed by atoms with Crippen molar-refractivity contribution in [2.24, 2.45) is 9.98 Å². The first-order chi connectivity index (χ1) is 16.8. The number of hydrogen-bond acceptors (Lipinski definition) is 8. The number of aliphatic imine (C=N–C) groups is 2. The Balaban J connectivity index is 0.00000127. The third-order valence-electron chi connectivity index (χ3n) is 5.46. The summed E-state index contributed by atoms with van der Waals surface area (Å²) in [7, 11) is 0. The summed E-state index contributed by atoms with van der Waals surface area (Å²) < 4.78 is 0. The van der Waals surface area contributed by atoms with Crippen LogP contribution in [-0.4, -0.2) is 46.7 Å². The first-order valence-electron chi connectivity index (χ1n) is 11.8. The Morgan fingerprint density at radius 1 is 0.730 bits per heavy atom. The fourth-order valence-electron chi connectivity index (χ4n) is 3.91. The van der Waals surface area contributed by atoms with Crippen molar-refractivity contribution in [1.82, 2.24) is 0 Å². The van der Waals surface area contributed by atoms with Crippen LogP contribution in [0.1, 0.15) is 72.9 Å². The summed E-state index contributed by atoms with van der Waals surface area (Å²) >= 11 is 0. The Kier molecular flexibility index (Phi) is 15.1. The molecule has 1 aliphatic carbocycles. The number of aromatic hydroxyl groups is 2. The van der Waals surface area contributed by atoms with Gasteiger partial charge in [0.2, 0.25) is 0 Å². The van der Waals surface area contributed by atoms with Gasteiger partial charge in [-0.3, -0.25) is 9.98 Å². The number of carbonyl (C=O) groups excluding carboxylic acids is 2. The molecule has 2 aromatic rings. The van der Waals surface area contributed by atoms with Crippen LogP contribution in [0.3, 0.4) is 0 Å². The Morgan fingerprint density at radius 3 is 1.27 bits per heavy atom. The molecule has 0 spiro atoms. The van der Waals surface area contributed by atoms with Gasteiger partial charge in [-0.15, -0.1) is 0 Å². The summed E-state index contributed by atoms with van der Waals surface area (Å²) in [5.41, 5.74) is 5.61. The summed E-state index contributed by atoms with van der Waals surface area (Å²) in [6.45, 7) is 9.83. The molecule has 37 heavy (non-hydrogen) atoms. The van der Waals surface area contributed by atoms with E-state index in [1.165, 1.54) is 0 Å². The van der Waals surface area contributed by atoms with Crippen LogP contribution in [0.25, 0.3) is 0 Å². The average molecular weight is 556 g/mol. The van der Waals surface area contributed by atoms with Gasteiger partial charge in [-0.25, -0.2) is 0 Å². The van der Waals surface area contributed by atoms with Crippen molar-refractivity contribution in [2.45, 2.75) is 79.3 Å². The Labute approximate surface area is 229 Å². The van der Waals surface area contributed by atoms with E-state index < -0.39 is 11.9 Å². The standard InChI is InChI=1S/C24H30N2O2.2C2H4O2.Co/c1-15-9-17(3)23(27)19(11-15)13-25-21-5-7-22(8-6-21)26-14-20-12-16(2)10-18(4)24(20)28;2*1-2(3)4;/h9-14,21-22,27-28H,5-8H2,1-4H3;2*1H3,(H,3,4);/q;;;+2/p-2. The average Bonchev–Trinajstić information content (AvgIpc) is 2.76. The molecule has 1 aliphatic rings. The zero-order chi connectivity index (χ0) is 27.4. The maximum absolute atomic E-state index is 10.2. The van der Waals surface area contributed by atoms with Gasteiger partial charge in [0.25, 0.3) is 0 Å². The molecule has 2 aromatic carbocycles. The Bertz CT molecular complexity index is 1010. The molecule has 1 fully saturated rings. The normalized spacial score (nSPS) is 16.7. The number of hydrogen-bond donors (Lipinski definition) is 2. The molecule has 1 saturated carbocycles. The molecular formula is C28H36CoN2O6. The summed E-state index contributed by atoms with van der Waals surface area (Å²) in [4.78, 5) is 27.2. The van der Waals surface area contributed by atoms with E-state index in [-0.39, 0.29) is 28.9 Å². The van der Waals surface area contributed by atoms with Crippen LogP contribution < -0.4 is 10.2 Å². The third-order valence-corrected chi connectivity index (χ3v) is 5.46. The summed E-state index contributed by atoms with van der Waals surface area (Å²) in [5.74, 6) is -1.53. The molecule has 8 nitrogen and oxygen atoms in total. The van der Waals surface area contributed by atoms with Gasteiger partial charge in [0.1, 0.15) is 11.5 Å². The molecule has 2 N–H and O–H groups in total. The maximum Gasteiger partial charge on any atom is 2.00 e. The summed E-state index contributed by atoms with van der Waals surface area (Å²) in [6, 6.07) is 8.45. The molecule has 0 aliphatic heterocycles. The topological polar surface area (TPSA) is 145 Å². The van der Waals surface area contributed by atoms with E-state index in [9.17, 15) is 10.2 Å². The van der Waals surface area contributed by atoms with Crippen LogP contribution >= 0.6 is 0 Å². The first-order valence-corrected chi connectivity index (χ1v) is 11.8. The molecular weight excluding hydrogens is 519 g/mol. The van der Waals surface area contributed by atoms with Crippen molar-refractivity contribution in [3.8, 4) is 11.5 Å². The smallest absolute Gasteiger partial charge is 0.550 e. The number of phenolic OH excluding ortho intramolecular Hbond substituents is 2. The second kappa shape index (κ2) is 16.5. The minimum Gasteiger partial charge on any atom is -0.550 e. The van der Waals surface area contributed by atoms with Gasteiger partial charge in [-0.05, 0) is 102 Å². The van der Waals surface area contributed by atoms with Gasteiger partial charge < -0.3 is 30.0 Å². The van der Waals surface area contributed by atoms with E-state index in [0.717, 1.165) is 72.9 Å². The van der Waals surface area contributed by atoms with Gasteiger partial charge in [0, 0.05) is 35.5 Å². The number of aliphatic carboxylic acids is 2. The Morgan fingerprint density at radius 2 is 1.00 bits per heavy atom. The minimum absolute atomic E-state index is 0. The third kappa shape index (κ3) is 13.1. The van der Waals surface area contributed by atoms with Crippen molar-refractivity contribution >= 4 is 24.4 Å². The molecule has 0 atom stereocenters. The van der Waals surface area contributed by atoms with E-state index in [1.54, 1.807) is 0 Å². The molecule has 0 unspecified atom stereocenters. The van der Waals surface area contributed by atoms with Crippen LogP contribution in [0.2, 0.25) is 0 Å². The van der Waals surface area contributed by atoms with Crippen LogP contribution in [0.4, 0.5) is 0 Å². The summed E-state index contributed by atoms with van der Waals surface area (Å²) in [5, 5.41) is 38.2. The fourth-order valence-corrected chi connectivity index (χ4v) is 3.91. The maximum atomic E-state index is 10.2. The van der Waals surface area contributed by atoms with E-state index in [4.69, 9.17) is 29.8 Å².